The average Bonchev–Trinajstić information content (AvgIpc) is 2.95. The van der Waals surface area contributed by atoms with Gasteiger partial charge in [-0.2, -0.15) is 16.4 Å². The second-order valence-corrected chi connectivity index (χ2v) is 5.43. The van der Waals surface area contributed by atoms with Crippen LogP contribution in [0.4, 0.5) is 0 Å². The Labute approximate surface area is 113 Å². The molecule has 1 N–H and O–H groups in total. The molecule has 0 aromatic carbocycles. The summed E-state index contributed by atoms with van der Waals surface area (Å²) in [7, 11) is 0. The smallest absolute Gasteiger partial charge is 0.0625 e. The zero-order chi connectivity index (χ0) is 13.0. The predicted octanol–water partition coefficient (Wildman–Crippen LogP) is 2.70. The van der Waals surface area contributed by atoms with Crippen molar-refractivity contribution in [3.8, 4) is 0 Å². The minimum atomic E-state index is 0.949. The van der Waals surface area contributed by atoms with Crippen LogP contribution in [-0.4, -0.2) is 22.9 Å². The predicted molar refractivity (Wildman–Crippen MR) is 77.3 cm³/mol. The van der Waals surface area contributed by atoms with Crippen LogP contribution in [0.25, 0.3) is 0 Å². The molecule has 0 unspecified atom stereocenters. The van der Waals surface area contributed by atoms with Gasteiger partial charge in [0.15, 0.2) is 0 Å². The van der Waals surface area contributed by atoms with E-state index in [-0.39, 0.29) is 0 Å². The molecule has 18 heavy (non-hydrogen) atoms. The fraction of sp³-hybridized carbons (Fsp3) is 0.500. The van der Waals surface area contributed by atoms with Gasteiger partial charge in [-0.1, -0.05) is 0 Å². The van der Waals surface area contributed by atoms with E-state index in [1.165, 1.54) is 16.8 Å². The molecule has 0 bridgehead atoms. The first kappa shape index (κ1) is 13.3. The van der Waals surface area contributed by atoms with Crippen molar-refractivity contribution in [3.63, 3.8) is 0 Å². The van der Waals surface area contributed by atoms with Crippen molar-refractivity contribution >= 4 is 11.3 Å². The second kappa shape index (κ2) is 6.16. The first-order valence-electron chi connectivity index (χ1n) is 6.41. The van der Waals surface area contributed by atoms with Gasteiger partial charge in [0, 0.05) is 12.2 Å². The van der Waals surface area contributed by atoms with Gasteiger partial charge in [-0.05, 0) is 61.7 Å². The Balaban J connectivity index is 1.70. The maximum Gasteiger partial charge on any atom is 0.0625 e. The zero-order valence-corrected chi connectivity index (χ0v) is 12.2. The van der Waals surface area contributed by atoms with Crippen molar-refractivity contribution in [1.29, 1.82) is 0 Å². The number of aryl methyl sites for hydroxylation is 1. The number of nitrogens with zero attached hydrogens (tertiary/aromatic N) is 2. The molecular formula is C14H21N3S. The number of nitrogens with one attached hydrogen (secondary N) is 1. The van der Waals surface area contributed by atoms with Crippen LogP contribution in [-0.2, 0) is 13.0 Å². The highest BCUT2D eigenvalue weighted by Crippen LogP contribution is 2.10. The second-order valence-electron chi connectivity index (χ2n) is 4.65. The van der Waals surface area contributed by atoms with Crippen molar-refractivity contribution in [3.05, 3.63) is 39.3 Å². The van der Waals surface area contributed by atoms with Gasteiger partial charge < -0.3 is 5.32 Å². The molecule has 3 nitrogen and oxygen atoms in total. The van der Waals surface area contributed by atoms with Gasteiger partial charge in [-0.3, -0.25) is 4.68 Å². The van der Waals surface area contributed by atoms with E-state index in [0.717, 1.165) is 31.7 Å². The fourth-order valence-electron chi connectivity index (χ4n) is 1.98. The monoisotopic (exact) mass is 263 g/mol. The van der Waals surface area contributed by atoms with Crippen LogP contribution < -0.4 is 5.32 Å². The first-order valence-corrected chi connectivity index (χ1v) is 7.35. The lowest BCUT2D eigenvalue weighted by molar-refractivity contribution is 0.544. The van der Waals surface area contributed by atoms with Crippen LogP contribution in [0.2, 0.25) is 0 Å². The largest absolute Gasteiger partial charge is 0.315 e. The molecule has 0 atom stereocenters. The lowest BCUT2D eigenvalue weighted by atomic mass is 10.2. The van der Waals surface area contributed by atoms with Crippen LogP contribution in [0.5, 0.6) is 0 Å². The van der Waals surface area contributed by atoms with Gasteiger partial charge in [0.1, 0.15) is 0 Å². The van der Waals surface area contributed by atoms with Gasteiger partial charge in [0.25, 0.3) is 0 Å². The van der Waals surface area contributed by atoms with Gasteiger partial charge in [-0.25, -0.2) is 0 Å². The molecule has 2 aromatic heterocycles. The molecule has 0 fully saturated rings. The summed E-state index contributed by atoms with van der Waals surface area (Å²) < 4.78 is 2.10. The zero-order valence-electron chi connectivity index (χ0n) is 11.4. The Kier molecular flexibility index (Phi) is 4.55. The minimum absolute atomic E-state index is 0.949. The summed E-state index contributed by atoms with van der Waals surface area (Å²) in [5, 5.41) is 12.4. The molecule has 0 aliphatic carbocycles. The maximum atomic E-state index is 4.54. The standard InChI is InChI=1S/C14H21N3S/c1-11-12(2)16-17(13(11)3)8-7-15-6-4-14-5-9-18-10-14/h5,9-10,15H,4,6-8H2,1-3H3. The van der Waals surface area contributed by atoms with E-state index in [1.54, 1.807) is 11.3 Å². The summed E-state index contributed by atoms with van der Waals surface area (Å²) in [5.74, 6) is 0. The van der Waals surface area contributed by atoms with Crippen molar-refractivity contribution in [2.24, 2.45) is 0 Å². The SMILES string of the molecule is Cc1nn(CCNCCc2ccsc2)c(C)c1C. The number of aromatic nitrogens is 2. The number of hydrogen-bond acceptors (Lipinski definition) is 3. The van der Waals surface area contributed by atoms with E-state index < -0.39 is 0 Å². The summed E-state index contributed by atoms with van der Waals surface area (Å²) >= 11 is 1.76. The molecule has 2 aromatic rings. The highest BCUT2D eigenvalue weighted by Gasteiger charge is 2.05. The molecule has 0 aliphatic rings. The van der Waals surface area contributed by atoms with Gasteiger partial charge in [-0.15, -0.1) is 0 Å². The Morgan fingerprint density at radius 1 is 1.28 bits per heavy atom. The van der Waals surface area contributed by atoms with Crippen molar-refractivity contribution in [2.45, 2.75) is 33.7 Å². The molecule has 0 spiro atoms. The highest BCUT2D eigenvalue weighted by atomic mass is 32.1. The van der Waals surface area contributed by atoms with E-state index in [0.29, 0.717) is 0 Å². The topological polar surface area (TPSA) is 29.9 Å². The van der Waals surface area contributed by atoms with Crippen LogP contribution >= 0.6 is 11.3 Å². The molecule has 2 heterocycles. The first-order chi connectivity index (χ1) is 8.68. The van der Waals surface area contributed by atoms with Crippen LogP contribution in [0.15, 0.2) is 16.8 Å². The van der Waals surface area contributed by atoms with Gasteiger partial charge in [0.2, 0.25) is 0 Å². The van der Waals surface area contributed by atoms with E-state index >= 15 is 0 Å². The quantitative estimate of drug-likeness (QED) is 0.812. The average molecular weight is 263 g/mol. The van der Waals surface area contributed by atoms with Gasteiger partial charge in [0.05, 0.1) is 12.2 Å². The normalized spacial score (nSPS) is 11.1. The maximum absolute atomic E-state index is 4.54. The summed E-state index contributed by atoms with van der Waals surface area (Å²) in [4.78, 5) is 0. The summed E-state index contributed by atoms with van der Waals surface area (Å²) in [5.41, 5.74) is 5.17. The van der Waals surface area contributed by atoms with E-state index in [2.05, 4.69) is 52.7 Å². The lowest BCUT2D eigenvalue weighted by Crippen LogP contribution is -2.23. The molecule has 0 saturated heterocycles. The van der Waals surface area contributed by atoms with Crippen LogP contribution in [0.1, 0.15) is 22.5 Å². The molecule has 0 radical (unpaired) electrons. The molecule has 98 valence electrons. The van der Waals surface area contributed by atoms with E-state index in [4.69, 9.17) is 0 Å². The Morgan fingerprint density at radius 3 is 2.72 bits per heavy atom. The summed E-state index contributed by atoms with van der Waals surface area (Å²) in [6.07, 6.45) is 1.11. The molecule has 0 aliphatic heterocycles. The molecule has 0 amide bonds. The van der Waals surface area contributed by atoms with Crippen molar-refractivity contribution in [2.75, 3.05) is 13.1 Å². The molecular weight excluding hydrogens is 242 g/mol. The van der Waals surface area contributed by atoms with Crippen LogP contribution in [0.3, 0.4) is 0 Å². The van der Waals surface area contributed by atoms with Crippen LogP contribution in [0, 0.1) is 20.8 Å². The van der Waals surface area contributed by atoms with Crippen molar-refractivity contribution in [1.82, 2.24) is 15.1 Å². The van der Waals surface area contributed by atoms with Crippen molar-refractivity contribution < 1.29 is 0 Å². The fourth-order valence-corrected chi connectivity index (χ4v) is 2.68. The third-order valence-electron chi connectivity index (χ3n) is 3.41. The van der Waals surface area contributed by atoms with E-state index in [9.17, 15) is 0 Å². The Morgan fingerprint density at radius 2 is 2.11 bits per heavy atom. The Hall–Kier alpha value is -1.13. The summed E-state index contributed by atoms with van der Waals surface area (Å²) in [6.45, 7) is 9.31. The minimum Gasteiger partial charge on any atom is -0.315 e. The van der Waals surface area contributed by atoms with Gasteiger partial charge >= 0.3 is 0 Å². The number of rotatable bonds is 6. The number of thiophene rings is 1. The summed E-state index contributed by atoms with van der Waals surface area (Å²) in [6, 6.07) is 2.19. The molecule has 4 heteroatoms. The Bertz CT molecular complexity index is 485. The lowest BCUT2D eigenvalue weighted by Gasteiger charge is -2.06. The third-order valence-corrected chi connectivity index (χ3v) is 4.15. The third kappa shape index (κ3) is 3.21. The molecule has 2 rings (SSSR count). The highest BCUT2D eigenvalue weighted by molar-refractivity contribution is 7.07. The van der Waals surface area contributed by atoms with E-state index in [1.807, 2.05) is 0 Å². The number of hydrogen-bond donors (Lipinski definition) is 1. The molecule has 0 saturated carbocycles.